The fraction of sp³-hybridized carbons (Fsp3) is 0.231. The van der Waals surface area contributed by atoms with E-state index in [1.807, 2.05) is 18.5 Å². The van der Waals surface area contributed by atoms with Gasteiger partial charge in [-0.2, -0.15) is 0 Å². The van der Waals surface area contributed by atoms with Crippen molar-refractivity contribution in [2.24, 2.45) is 0 Å². The van der Waals surface area contributed by atoms with E-state index in [-0.39, 0.29) is 0 Å². The number of aromatic nitrogens is 2. The first-order valence-electron chi connectivity index (χ1n) is 5.46. The van der Waals surface area contributed by atoms with Gasteiger partial charge in [0.1, 0.15) is 6.33 Å². The van der Waals surface area contributed by atoms with E-state index in [0.29, 0.717) is 0 Å². The number of nitrogens with one attached hydrogen (secondary N) is 1. The lowest BCUT2D eigenvalue weighted by atomic mass is 10.0. The summed E-state index contributed by atoms with van der Waals surface area (Å²) in [7, 11) is 0. The first-order chi connectivity index (χ1) is 7.92. The topological polar surface area (TPSA) is 37.8 Å². The van der Waals surface area contributed by atoms with Crippen molar-refractivity contribution in [3.05, 3.63) is 48.5 Å². The molecule has 3 heteroatoms. The molecule has 2 aromatic rings. The summed E-state index contributed by atoms with van der Waals surface area (Å²) in [4.78, 5) is 8.10. The zero-order valence-electron chi connectivity index (χ0n) is 9.35. The Bertz CT molecular complexity index is 440. The monoisotopic (exact) mass is 213 g/mol. The average molecular weight is 213 g/mol. The molecule has 0 aliphatic heterocycles. The molecule has 0 saturated heterocycles. The largest absolute Gasteiger partial charge is 0.313 e. The van der Waals surface area contributed by atoms with E-state index in [2.05, 4.69) is 40.4 Å². The van der Waals surface area contributed by atoms with Crippen molar-refractivity contribution in [2.45, 2.75) is 13.5 Å². The quantitative estimate of drug-likeness (QED) is 0.846. The Kier molecular flexibility index (Phi) is 3.62. The standard InChI is InChI=1S/C13H15N3/c1-2-14-7-11-5-3-4-6-13(11)12-8-15-10-16-9-12/h3-6,8-10,14H,2,7H2,1H3. The molecule has 0 aliphatic carbocycles. The van der Waals surface area contributed by atoms with Gasteiger partial charge in [0.15, 0.2) is 0 Å². The third-order valence-corrected chi connectivity index (χ3v) is 2.45. The minimum atomic E-state index is 0.877. The number of hydrogen-bond acceptors (Lipinski definition) is 3. The van der Waals surface area contributed by atoms with Gasteiger partial charge in [0.05, 0.1) is 0 Å². The van der Waals surface area contributed by atoms with Gasteiger partial charge in [-0.1, -0.05) is 31.2 Å². The van der Waals surface area contributed by atoms with Gasteiger partial charge >= 0.3 is 0 Å². The van der Waals surface area contributed by atoms with Gasteiger partial charge in [0.2, 0.25) is 0 Å². The van der Waals surface area contributed by atoms with E-state index in [1.54, 1.807) is 6.33 Å². The van der Waals surface area contributed by atoms with Gasteiger partial charge in [-0.15, -0.1) is 0 Å². The molecule has 3 nitrogen and oxygen atoms in total. The normalized spacial score (nSPS) is 10.3. The second-order valence-corrected chi connectivity index (χ2v) is 3.56. The summed E-state index contributed by atoms with van der Waals surface area (Å²) in [6.45, 7) is 3.95. The van der Waals surface area contributed by atoms with Crippen LogP contribution < -0.4 is 5.32 Å². The number of hydrogen-bond donors (Lipinski definition) is 1. The van der Waals surface area contributed by atoms with Gasteiger partial charge in [-0.05, 0) is 17.7 Å². The SMILES string of the molecule is CCNCc1ccccc1-c1cncnc1. The van der Waals surface area contributed by atoms with Crippen LogP contribution in [0, 0.1) is 0 Å². The van der Waals surface area contributed by atoms with Crippen LogP contribution >= 0.6 is 0 Å². The molecule has 0 spiro atoms. The molecule has 0 aliphatic rings. The van der Waals surface area contributed by atoms with Gasteiger partial charge in [-0.3, -0.25) is 0 Å². The lowest BCUT2D eigenvalue weighted by Crippen LogP contribution is -2.12. The molecule has 0 radical (unpaired) electrons. The maximum absolute atomic E-state index is 4.05. The third kappa shape index (κ3) is 2.44. The molecule has 0 bridgehead atoms. The Labute approximate surface area is 95.6 Å². The smallest absolute Gasteiger partial charge is 0.115 e. The second-order valence-electron chi connectivity index (χ2n) is 3.56. The van der Waals surface area contributed by atoms with Crippen molar-refractivity contribution >= 4 is 0 Å². The van der Waals surface area contributed by atoms with Crippen molar-refractivity contribution in [1.29, 1.82) is 0 Å². The number of rotatable bonds is 4. The molecular weight excluding hydrogens is 198 g/mol. The highest BCUT2D eigenvalue weighted by Gasteiger charge is 2.03. The molecule has 1 heterocycles. The molecule has 0 fully saturated rings. The maximum atomic E-state index is 4.05. The van der Waals surface area contributed by atoms with Crippen LogP contribution in [0.2, 0.25) is 0 Å². The van der Waals surface area contributed by atoms with E-state index in [0.717, 1.165) is 18.7 Å². The van der Waals surface area contributed by atoms with Crippen LogP contribution in [0.5, 0.6) is 0 Å². The Morgan fingerprint density at radius 1 is 1.12 bits per heavy atom. The van der Waals surface area contributed by atoms with Gasteiger partial charge in [0, 0.05) is 24.5 Å². The number of nitrogens with zero attached hydrogens (tertiary/aromatic N) is 2. The van der Waals surface area contributed by atoms with E-state index in [9.17, 15) is 0 Å². The number of benzene rings is 1. The van der Waals surface area contributed by atoms with E-state index in [4.69, 9.17) is 0 Å². The van der Waals surface area contributed by atoms with Crippen LogP contribution in [0.25, 0.3) is 11.1 Å². The predicted octanol–water partition coefficient (Wildman–Crippen LogP) is 2.25. The first-order valence-corrected chi connectivity index (χ1v) is 5.46. The Morgan fingerprint density at radius 3 is 2.62 bits per heavy atom. The highest BCUT2D eigenvalue weighted by Crippen LogP contribution is 2.21. The Hall–Kier alpha value is -1.74. The molecule has 0 atom stereocenters. The fourth-order valence-electron chi connectivity index (χ4n) is 1.65. The average Bonchev–Trinajstić information content (AvgIpc) is 2.38. The lowest BCUT2D eigenvalue weighted by molar-refractivity contribution is 0.728. The summed E-state index contributed by atoms with van der Waals surface area (Å²) >= 11 is 0. The van der Waals surface area contributed by atoms with E-state index < -0.39 is 0 Å². The van der Waals surface area contributed by atoms with Crippen LogP contribution in [-0.2, 0) is 6.54 Å². The van der Waals surface area contributed by atoms with Crippen molar-refractivity contribution in [2.75, 3.05) is 6.54 Å². The van der Waals surface area contributed by atoms with E-state index >= 15 is 0 Å². The summed E-state index contributed by atoms with van der Waals surface area (Å²) in [5, 5.41) is 3.33. The molecule has 0 saturated carbocycles. The van der Waals surface area contributed by atoms with Crippen LogP contribution in [0.15, 0.2) is 43.0 Å². The Morgan fingerprint density at radius 2 is 1.88 bits per heavy atom. The molecule has 0 amide bonds. The molecule has 82 valence electrons. The minimum absolute atomic E-state index is 0.877. The molecule has 16 heavy (non-hydrogen) atoms. The molecular formula is C13H15N3. The highest BCUT2D eigenvalue weighted by molar-refractivity contribution is 5.65. The van der Waals surface area contributed by atoms with Gasteiger partial charge in [-0.25, -0.2) is 9.97 Å². The van der Waals surface area contributed by atoms with Crippen molar-refractivity contribution in [3.8, 4) is 11.1 Å². The maximum Gasteiger partial charge on any atom is 0.115 e. The predicted molar refractivity (Wildman–Crippen MR) is 64.8 cm³/mol. The zero-order chi connectivity index (χ0) is 11.2. The minimum Gasteiger partial charge on any atom is -0.313 e. The summed E-state index contributed by atoms with van der Waals surface area (Å²) in [6.07, 6.45) is 5.24. The van der Waals surface area contributed by atoms with Crippen molar-refractivity contribution in [1.82, 2.24) is 15.3 Å². The summed E-state index contributed by atoms with van der Waals surface area (Å²) < 4.78 is 0. The molecule has 1 aromatic heterocycles. The highest BCUT2D eigenvalue weighted by atomic mass is 14.8. The lowest BCUT2D eigenvalue weighted by Gasteiger charge is -2.09. The first kappa shape index (κ1) is 10.8. The van der Waals surface area contributed by atoms with Crippen LogP contribution in [0.1, 0.15) is 12.5 Å². The van der Waals surface area contributed by atoms with Gasteiger partial charge < -0.3 is 5.32 Å². The van der Waals surface area contributed by atoms with Crippen molar-refractivity contribution < 1.29 is 0 Å². The van der Waals surface area contributed by atoms with E-state index in [1.165, 1.54) is 11.1 Å². The Balaban J connectivity index is 2.33. The van der Waals surface area contributed by atoms with Crippen LogP contribution in [-0.4, -0.2) is 16.5 Å². The van der Waals surface area contributed by atoms with Crippen molar-refractivity contribution in [3.63, 3.8) is 0 Å². The van der Waals surface area contributed by atoms with Gasteiger partial charge in [0.25, 0.3) is 0 Å². The summed E-state index contributed by atoms with van der Waals surface area (Å²) in [5.41, 5.74) is 3.54. The summed E-state index contributed by atoms with van der Waals surface area (Å²) in [6, 6.07) is 8.33. The molecule has 2 rings (SSSR count). The second kappa shape index (κ2) is 5.37. The summed E-state index contributed by atoms with van der Waals surface area (Å²) in [5.74, 6) is 0. The molecule has 1 aromatic carbocycles. The van der Waals surface area contributed by atoms with Crippen LogP contribution in [0.3, 0.4) is 0 Å². The molecule has 1 N–H and O–H groups in total. The third-order valence-electron chi connectivity index (χ3n) is 2.45. The molecule has 0 unspecified atom stereocenters. The fourth-order valence-corrected chi connectivity index (χ4v) is 1.65. The van der Waals surface area contributed by atoms with Crippen LogP contribution in [0.4, 0.5) is 0 Å². The zero-order valence-corrected chi connectivity index (χ0v) is 9.35.